The Morgan fingerprint density at radius 1 is 1.56 bits per heavy atom. The Hall–Kier alpha value is -1.16. The van der Waals surface area contributed by atoms with Crippen LogP contribution in [-0.4, -0.2) is 23.2 Å². The first kappa shape index (κ1) is 12.9. The van der Waals surface area contributed by atoms with Crippen molar-refractivity contribution in [3.05, 3.63) is 23.6 Å². The summed E-state index contributed by atoms with van der Waals surface area (Å²) in [5.41, 5.74) is 0.292. The van der Waals surface area contributed by atoms with Crippen LogP contribution in [0.1, 0.15) is 32.3 Å². The molecule has 1 unspecified atom stereocenters. The second-order valence-electron chi connectivity index (χ2n) is 4.01. The van der Waals surface area contributed by atoms with E-state index in [9.17, 15) is 4.39 Å². The van der Waals surface area contributed by atoms with E-state index >= 15 is 0 Å². The zero-order chi connectivity index (χ0) is 12.1. The Morgan fingerprint density at radius 2 is 2.25 bits per heavy atom. The van der Waals surface area contributed by atoms with Gasteiger partial charge in [0.15, 0.2) is 11.6 Å². The number of aliphatic hydroxyl groups excluding tert-OH is 1. The predicted octanol–water partition coefficient (Wildman–Crippen LogP) is 2.34. The van der Waals surface area contributed by atoms with Crippen molar-refractivity contribution in [2.45, 2.75) is 39.3 Å². The third kappa shape index (κ3) is 2.70. The van der Waals surface area contributed by atoms with Crippen LogP contribution in [0.15, 0.2) is 12.3 Å². The maximum Gasteiger partial charge on any atom is 0.171 e. The summed E-state index contributed by atoms with van der Waals surface area (Å²) in [6, 6.07) is 1.73. The highest BCUT2D eigenvalue weighted by molar-refractivity contribution is 5.42. The average Bonchev–Trinajstić information content (AvgIpc) is 2.29. The molecule has 1 aromatic heterocycles. The van der Waals surface area contributed by atoms with E-state index in [1.807, 2.05) is 18.9 Å². The van der Waals surface area contributed by atoms with E-state index in [4.69, 9.17) is 5.11 Å². The summed E-state index contributed by atoms with van der Waals surface area (Å²) < 4.78 is 13.9. The fraction of sp³-hybridized carbons (Fsp3) is 0.583. The van der Waals surface area contributed by atoms with Gasteiger partial charge in [-0.1, -0.05) is 13.3 Å². The zero-order valence-corrected chi connectivity index (χ0v) is 10.1. The molecule has 0 aliphatic heterocycles. The lowest BCUT2D eigenvalue weighted by atomic mass is 10.1. The number of pyridine rings is 1. The van der Waals surface area contributed by atoms with E-state index in [1.165, 1.54) is 12.3 Å². The van der Waals surface area contributed by atoms with Crippen molar-refractivity contribution in [3.63, 3.8) is 0 Å². The van der Waals surface area contributed by atoms with Crippen LogP contribution in [0.25, 0.3) is 0 Å². The van der Waals surface area contributed by atoms with Gasteiger partial charge in [-0.2, -0.15) is 0 Å². The third-order valence-corrected chi connectivity index (χ3v) is 2.82. The molecule has 16 heavy (non-hydrogen) atoms. The van der Waals surface area contributed by atoms with Gasteiger partial charge >= 0.3 is 0 Å². The van der Waals surface area contributed by atoms with Gasteiger partial charge in [0.05, 0.1) is 6.61 Å². The van der Waals surface area contributed by atoms with Gasteiger partial charge in [0.1, 0.15) is 0 Å². The summed E-state index contributed by atoms with van der Waals surface area (Å²) in [6.07, 6.45) is 3.56. The number of hydrogen-bond acceptors (Lipinski definition) is 3. The van der Waals surface area contributed by atoms with Gasteiger partial charge < -0.3 is 10.0 Å². The maximum atomic E-state index is 13.9. The summed E-state index contributed by atoms with van der Waals surface area (Å²) in [6.45, 7) is 3.84. The van der Waals surface area contributed by atoms with Crippen molar-refractivity contribution >= 4 is 5.82 Å². The van der Waals surface area contributed by atoms with Crippen molar-refractivity contribution in [1.29, 1.82) is 0 Å². The Bertz CT molecular complexity index is 344. The van der Waals surface area contributed by atoms with Gasteiger partial charge in [-0.3, -0.25) is 0 Å². The van der Waals surface area contributed by atoms with Gasteiger partial charge in [0.2, 0.25) is 0 Å². The quantitative estimate of drug-likeness (QED) is 0.837. The smallest absolute Gasteiger partial charge is 0.171 e. The number of halogens is 1. The summed E-state index contributed by atoms with van der Waals surface area (Å²) in [4.78, 5) is 5.85. The standard InChI is InChI=1S/C12H19FN2O/c1-4-5-9(2)15(3)12-11(13)10(8-16)6-7-14-12/h6-7,9,16H,4-5,8H2,1-3H3. The van der Waals surface area contributed by atoms with Crippen LogP contribution < -0.4 is 4.90 Å². The van der Waals surface area contributed by atoms with Gasteiger partial charge in [-0.15, -0.1) is 0 Å². The highest BCUT2D eigenvalue weighted by atomic mass is 19.1. The number of hydrogen-bond donors (Lipinski definition) is 1. The number of aliphatic hydroxyl groups is 1. The van der Waals surface area contributed by atoms with Crippen molar-refractivity contribution in [2.75, 3.05) is 11.9 Å². The van der Waals surface area contributed by atoms with Crippen LogP contribution in [-0.2, 0) is 6.61 Å². The molecule has 0 radical (unpaired) electrons. The Kier molecular flexibility index (Phi) is 4.68. The van der Waals surface area contributed by atoms with E-state index in [0.29, 0.717) is 11.4 Å². The molecule has 0 amide bonds. The number of rotatable bonds is 5. The van der Waals surface area contributed by atoms with E-state index in [0.717, 1.165) is 12.8 Å². The van der Waals surface area contributed by atoms with Crippen LogP contribution in [0.4, 0.5) is 10.2 Å². The Balaban J connectivity index is 2.94. The van der Waals surface area contributed by atoms with E-state index in [2.05, 4.69) is 11.9 Å². The van der Waals surface area contributed by atoms with Crippen LogP contribution >= 0.6 is 0 Å². The number of nitrogens with zero attached hydrogens (tertiary/aromatic N) is 2. The van der Waals surface area contributed by atoms with Crippen molar-refractivity contribution in [2.24, 2.45) is 0 Å². The molecule has 1 heterocycles. The lowest BCUT2D eigenvalue weighted by Gasteiger charge is -2.26. The van der Waals surface area contributed by atoms with Gasteiger partial charge in [0, 0.05) is 24.8 Å². The van der Waals surface area contributed by atoms with Crippen molar-refractivity contribution in [3.8, 4) is 0 Å². The molecule has 0 bridgehead atoms. The molecule has 0 saturated heterocycles. The lowest BCUT2D eigenvalue weighted by Crippen LogP contribution is -2.30. The molecule has 1 aromatic rings. The summed E-state index contributed by atoms with van der Waals surface area (Å²) in [7, 11) is 1.83. The molecule has 0 aliphatic carbocycles. The molecular weight excluding hydrogens is 207 g/mol. The maximum absolute atomic E-state index is 13.9. The first-order valence-electron chi connectivity index (χ1n) is 5.58. The molecule has 4 heteroatoms. The van der Waals surface area contributed by atoms with Crippen LogP contribution in [0.5, 0.6) is 0 Å². The predicted molar refractivity (Wildman–Crippen MR) is 62.9 cm³/mol. The van der Waals surface area contributed by atoms with Crippen LogP contribution in [0.2, 0.25) is 0 Å². The fourth-order valence-electron chi connectivity index (χ4n) is 1.66. The van der Waals surface area contributed by atoms with Crippen molar-refractivity contribution < 1.29 is 9.50 Å². The SMILES string of the molecule is CCCC(C)N(C)c1nccc(CO)c1F. The first-order valence-corrected chi connectivity index (χ1v) is 5.58. The highest BCUT2D eigenvalue weighted by Crippen LogP contribution is 2.21. The van der Waals surface area contributed by atoms with E-state index < -0.39 is 5.82 Å². The fourth-order valence-corrected chi connectivity index (χ4v) is 1.66. The molecule has 0 spiro atoms. The second-order valence-corrected chi connectivity index (χ2v) is 4.01. The molecule has 0 aliphatic rings. The molecule has 1 atom stereocenters. The van der Waals surface area contributed by atoms with Crippen LogP contribution in [0.3, 0.4) is 0 Å². The lowest BCUT2D eigenvalue weighted by molar-refractivity contribution is 0.275. The topological polar surface area (TPSA) is 36.4 Å². The minimum absolute atomic E-state index is 0.237. The highest BCUT2D eigenvalue weighted by Gasteiger charge is 2.16. The minimum Gasteiger partial charge on any atom is -0.392 e. The first-order chi connectivity index (χ1) is 7.61. The van der Waals surface area contributed by atoms with Gasteiger partial charge in [-0.25, -0.2) is 9.37 Å². The average molecular weight is 226 g/mol. The van der Waals surface area contributed by atoms with Gasteiger partial charge in [-0.05, 0) is 19.4 Å². The second kappa shape index (κ2) is 5.80. The molecule has 1 N–H and O–H groups in total. The molecule has 90 valence electrons. The number of anilines is 1. The summed E-state index contributed by atoms with van der Waals surface area (Å²) in [5, 5.41) is 8.98. The normalized spacial score (nSPS) is 12.6. The molecule has 0 fully saturated rings. The minimum atomic E-state index is -0.421. The monoisotopic (exact) mass is 226 g/mol. The molecule has 3 nitrogen and oxygen atoms in total. The zero-order valence-electron chi connectivity index (χ0n) is 10.1. The molecule has 0 aromatic carbocycles. The third-order valence-electron chi connectivity index (χ3n) is 2.82. The molecule has 1 rings (SSSR count). The molecule has 0 saturated carbocycles. The summed E-state index contributed by atoms with van der Waals surface area (Å²) in [5.74, 6) is -0.108. The van der Waals surface area contributed by atoms with Gasteiger partial charge in [0.25, 0.3) is 0 Å². The molecular formula is C12H19FN2O. The van der Waals surface area contributed by atoms with Crippen LogP contribution in [0, 0.1) is 5.82 Å². The summed E-state index contributed by atoms with van der Waals surface area (Å²) >= 11 is 0. The Morgan fingerprint density at radius 3 is 2.81 bits per heavy atom. The number of aromatic nitrogens is 1. The van der Waals surface area contributed by atoms with E-state index in [1.54, 1.807) is 0 Å². The van der Waals surface area contributed by atoms with Crippen molar-refractivity contribution in [1.82, 2.24) is 4.98 Å². The largest absolute Gasteiger partial charge is 0.392 e. The Labute approximate surface area is 95.9 Å². The van der Waals surface area contributed by atoms with E-state index in [-0.39, 0.29) is 12.6 Å².